The molecule has 6 rings (SSSR count). The van der Waals surface area contributed by atoms with Crippen LogP contribution in [0, 0.1) is 25.6 Å². The number of hydrogen-bond acceptors (Lipinski definition) is 12. The number of carboxylic acids is 1. The maximum absolute atomic E-state index is 16.5. The second-order valence-corrected chi connectivity index (χ2v) is 18.8. The fourth-order valence-electron chi connectivity index (χ4n) is 9.50. The van der Waals surface area contributed by atoms with Crippen molar-refractivity contribution in [2.45, 2.75) is 133 Å². The van der Waals surface area contributed by atoms with Gasteiger partial charge in [-0.15, -0.1) is 23.4 Å². The highest BCUT2D eigenvalue weighted by atomic mass is 35.5. The number of ether oxygens (including phenoxy) is 3. The summed E-state index contributed by atoms with van der Waals surface area (Å²) in [5.41, 5.74) is -0.0852. The maximum Gasteiger partial charge on any atom is 0.341 e. The number of methoxy groups -OCH3 is 1. The average Bonchev–Trinajstić information content (AvgIpc) is 3.94. The van der Waals surface area contributed by atoms with Crippen LogP contribution in [-0.4, -0.2) is 148 Å². The molecule has 4 aliphatic rings. The van der Waals surface area contributed by atoms with Crippen molar-refractivity contribution >= 4 is 51.8 Å². The number of alkyl halides is 1. The third-order valence-corrected chi connectivity index (χ3v) is 14.3. The van der Waals surface area contributed by atoms with Gasteiger partial charge < -0.3 is 44.3 Å². The van der Waals surface area contributed by atoms with E-state index in [0.717, 1.165) is 38.6 Å². The summed E-state index contributed by atoms with van der Waals surface area (Å²) < 4.78 is 37.2. The van der Waals surface area contributed by atoms with Gasteiger partial charge in [0.25, 0.3) is 0 Å². The van der Waals surface area contributed by atoms with Crippen molar-refractivity contribution in [2.75, 3.05) is 58.2 Å². The lowest BCUT2D eigenvalue weighted by Gasteiger charge is -2.51. The van der Waals surface area contributed by atoms with Gasteiger partial charge in [-0.25, -0.2) is 9.18 Å². The molecule has 3 aliphatic heterocycles. The number of fused-ring (bicyclic) bond motifs is 1. The molecule has 4 unspecified atom stereocenters. The van der Waals surface area contributed by atoms with Crippen LogP contribution in [0.1, 0.15) is 87.5 Å². The number of benzene rings is 1. The van der Waals surface area contributed by atoms with Crippen LogP contribution in [0.4, 0.5) is 10.1 Å². The first kappa shape index (κ1) is 44.8. The molecule has 1 aromatic carbocycles. The Morgan fingerprint density at radius 1 is 1.17 bits per heavy atom. The van der Waals surface area contributed by atoms with E-state index in [1.165, 1.54) is 25.8 Å². The quantitative estimate of drug-likeness (QED) is 0.201. The molecule has 1 amide bonds. The van der Waals surface area contributed by atoms with Crippen molar-refractivity contribution < 1.29 is 43.5 Å². The number of halogens is 2. The standard InChI is InChI=1S/C41H61ClFN5O9S/c1-10-11-24-16-26(45(7)18-24)39(52)44-30(22(4)42)36-34(50)35(51)38(41(6,57-36)58-9)56-19-47-15-14-46(17-20(47)2)32-29(43)21(3)27-31(37(32)55-8)48(25-12-13-25)23(5)28(33(27)49)40(53)54/h20,22,24-26,30,34-36,38,50-51H,10-19H2,1-9H3,(H,44,52)(H,53,54)/t20?,22?,24?,26?,30-,34-,35+,36-,38-,41-/m1/s1. The van der Waals surface area contributed by atoms with Crippen LogP contribution in [0.25, 0.3) is 10.9 Å². The molecule has 4 N–H and O–H groups in total. The van der Waals surface area contributed by atoms with E-state index in [0.29, 0.717) is 36.8 Å². The number of aryl methyl sites for hydroxylation is 1. The second-order valence-electron chi connectivity index (χ2n) is 16.9. The van der Waals surface area contributed by atoms with Gasteiger partial charge in [0.2, 0.25) is 11.3 Å². The third kappa shape index (κ3) is 8.20. The lowest BCUT2D eigenvalue weighted by Crippen LogP contribution is -2.69. The van der Waals surface area contributed by atoms with Crippen LogP contribution in [0.2, 0.25) is 0 Å². The Balaban J connectivity index is 1.18. The summed E-state index contributed by atoms with van der Waals surface area (Å²) in [5.74, 6) is -1.55. The normalized spacial score (nSPS) is 30.8. The van der Waals surface area contributed by atoms with Crippen molar-refractivity contribution in [3.8, 4) is 5.75 Å². The molecule has 58 heavy (non-hydrogen) atoms. The Kier molecular flexibility index (Phi) is 13.7. The molecule has 2 aromatic rings. The summed E-state index contributed by atoms with van der Waals surface area (Å²) in [6.45, 7) is 12.8. The minimum atomic E-state index is -1.42. The maximum atomic E-state index is 16.5. The Morgan fingerprint density at radius 3 is 2.43 bits per heavy atom. The molecule has 4 heterocycles. The van der Waals surface area contributed by atoms with Crippen LogP contribution in [0.5, 0.6) is 5.75 Å². The van der Waals surface area contributed by atoms with Crippen LogP contribution in [0.3, 0.4) is 0 Å². The average molecular weight is 854 g/mol. The first-order valence-corrected chi connectivity index (χ1v) is 22.1. The lowest BCUT2D eigenvalue weighted by molar-refractivity contribution is -0.256. The van der Waals surface area contributed by atoms with E-state index < -0.39 is 58.0 Å². The summed E-state index contributed by atoms with van der Waals surface area (Å²) in [6.07, 6.45) is 1.49. The molecule has 1 aliphatic carbocycles. The zero-order chi connectivity index (χ0) is 42.5. The number of pyridine rings is 1. The molecular weight excluding hydrogens is 793 g/mol. The van der Waals surface area contributed by atoms with Crippen LogP contribution >= 0.6 is 23.4 Å². The van der Waals surface area contributed by atoms with Crippen molar-refractivity contribution in [3.63, 3.8) is 0 Å². The number of amides is 1. The summed E-state index contributed by atoms with van der Waals surface area (Å²) in [5, 5.41) is 35.6. The number of aliphatic hydroxyl groups excluding tert-OH is 2. The van der Waals surface area contributed by atoms with E-state index >= 15 is 4.39 Å². The van der Waals surface area contributed by atoms with Gasteiger partial charge in [-0.1, -0.05) is 13.3 Å². The number of aromatic carboxylic acids is 1. The topological polar surface area (TPSA) is 166 Å². The molecule has 1 aromatic heterocycles. The highest BCUT2D eigenvalue weighted by Gasteiger charge is 2.55. The Bertz CT molecular complexity index is 1930. The number of piperazine rings is 1. The minimum absolute atomic E-state index is 0.0128. The number of aliphatic hydroxyl groups is 2. The molecule has 0 spiro atoms. The van der Waals surface area contributed by atoms with Crippen molar-refractivity contribution in [1.82, 2.24) is 19.7 Å². The number of hydrogen-bond donors (Lipinski definition) is 4. The van der Waals surface area contributed by atoms with Gasteiger partial charge in [0, 0.05) is 49.5 Å². The highest BCUT2D eigenvalue weighted by molar-refractivity contribution is 7.99. The fourth-order valence-corrected chi connectivity index (χ4v) is 10.4. The summed E-state index contributed by atoms with van der Waals surface area (Å²) in [6, 6.07) is -1.33. The number of likely N-dealkylation sites (N-methyl/N-ethyl adjacent to an activating group) is 1. The number of carbonyl (C=O) groups is 2. The van der Waals surface area contributed by atoms with Gasteiger partial charge in [0.1, 0.15) is 47.3 Å². The molecule has 324 valence electrons. The van der Waals surface area contributed by atoms with Gasteiger partial charge in [0.05, 0.1) is 35.5 Å². The van der Waals surface area contributed by atoms with E-state index in [9.17, 15) is 29.7 Å². The summed E-state index contributed by atoms with van der Waals surface area (Å²) in [7, 11) is 3.37. The van der Waals surface area contributed by atoms with Crippen LogP contribution in [0.15, 0.2) is 4.79 Å². The van der Waals surface area contributed by atoms with Crippen LogP contribution < -0.4 is 20.4 Å². The number of carbonyl (C=O) groups excluding carboxylic acids is 1. The number of likely N-dealkylation sites (tertiary alicyclic amines) is 1. The zero-order valence-corrected chi connectivity index (χ0v) is 36.7. The molecule has 4 fully saturated rings. The van der Waals surface area contributed by atoms with E-state index in [4.69, 9.17) is 25.8 Å². The van der Waals surface area contributed by atoms with Gasteiger partial charge in [-0.3, -0.25) is 19.4 Å². The molecule has 17 heteroatoms. The van der Waals surface area contributed by atoms with Crippen molar-refractivity contribution in [2.24, 2.45) is 5.92 Å². The van der Waals surface area contributed by atoms with E-state index in [1.807, 2.05) is 29.7 Å². The fraction of sp³-hybridized carbons (Fsp3) is 0.732. The first-order valence-electron chi connectivity index (χ1n) is 20.4. The molecule has 0 bridgehead atoms. The third-order valence-electron chi connectivity index (χ3n) is 12.9. The van der Waals surface area contributed by atoms with Gasteiger partial charge in [-0.05, 0) is 79.5 Å². The molecular formula is C41H61ClFN5O9S. The SMILES string of the molecule is CCCC1CC(C(=O)N[C@H](C(C)Cl)[C@H]2O[C@](C)(SC)[C@H](OCN3CCN(c4c(F)c(C)c5c(=O)c(C(=O)O)c(C)n(C6CC6)c5c4OC)CC3C)[C@@H](O)[C@H]2O)N(C)C1. The number of nitrogens with one attached hydrogen (secondary N) is 1. The van der Waals surface area contributed by atoms with Gasteiger partial charge >= 0.3 is 5.97 Å². The number of rotatable bonds is 14. The van der Waals surface area contributed by atoms with Gasteiger partial charge in [-0.2, -0.15) is 0 Å². The minimum Gasteiger partial charge on any atom is -0.492 e. The smallest absolute Gasteiger partial charge is 0.341 e. The zero-order valence-electron chi connectivity index (χ0n) is 35.1. The molecule has 1 saturated carbocycles. The number of nitrogens with zero attached hydrogens (tertiary/aromatic N) is 4. The number of thioether (sulfide) groups is 1. The molecule has 10 atom stereocenters. The Morgan fingerprint density at radius 2 is 1.86 bits per heavy atom. The van der Waals surface area contributed by atoms with Gasteiger partial charge in [0.15, 0.2) is 11.6 Å². The van der Waals surface area contributed by atoms with E-state index in [1.54, 1.807) is 20.8 Å². The lowest BCUT2D eigenvalue weighted by atomic mass is 9.89. The monoisotopic (exact) mass is 853 g/mol. The number of anilines is 1. The summed E-state index contributed by atoms with van der Waals surface area (Å²) in [4.78, 5) is 44.3. The Labute approximate surface area is 349 Å². The number of aromatic nitrogens is 1. The van der Waals surface area contributed by atoms with E-state index in [-0.39, 0.29) is 58.7 Å². The van der Waals surface area contributed by atoms with Crippen LogP contribution in [-0.2, 0) is 14.3 Å². The van der Waals surface area contributed by atoms with Crippen molar-refractivity contribution in [3.05, 3.63) is 32.9 Å². The number of carboxylic acid groups (broad SMARTS) is 1. The predicted molar refractivity (Wildman–Crippen MR) is 223 cm³/mol. The Hall–Kier alpha value is -2.70. The first-order chi connectivity index (χ1) is 27.4. The molecule has 14 nitrogen and oxygen atoms in total. The second kappa shape index (κ2) is 17.7. The highest BCUT2D eigenvalue weighted by Crippen LogP contribution is 2.47. The van der Waals surface area contributed by atoms with E-state index in [2.05, 4.69) is 22.0 Å². The summed E-state index contributed by atoms with van der Waals surface area (Å²) >= 11 is 8.00. The van der Waals surface area contributed by atoms with Crippen molar-refractivity contribution in [1.29, 1.82) is 0 Å². The predicted octanol–water partition coefficient (Wildman–Crippen LogP) is 4.08. The molecule has 0 radical (unpaired) electrons. The largest absolute Gasteiger partial charge is 0.492 e. The molecule has 3 saturated heterocycles.